The van der Waals surface area contributed by atoms with Crippen LogP contribution < -0.4 is 16.0 Å². The van der Waals surface area contributed by atoms with Crippen molar-refractivity contribution in [3.05, 3.63) is 36.9 Å². The Morgan fingerprint density at radius 1 is 1.39 bits per heavy atom. The van der Waals surface area contributed by atoms with Gasteiger partial charge in [-0.3, -0.25) is 4.98 Å². The smallest absolute Gasteiger partial charge is 0.135 e. The fourth-order valence-corrected chi connectivity index (χ4v) is 1.52. The van der Waals surface area contributed by atoms with Crippen molar-refractivity contribution in [3.63, 3.8) is 0 Å². The number of likely N-dealkylation sites (N-methyl/N-ethyl adjacent to an activating group) is 1. The first-order valence-electron chi connectivity index (χ1n) is 5.70. The monoisotopic (exact) mass is 244 g/mol. The van der Waals surface area contributed by atoms with E-state index in [1.807, 2.05) is 30.1 Å². The first kappa shape index (κ1) is 12.3. The summed E-state index contributed by atoms with van der Waals surface area (Å²) < 4.78 is 0. The molecule has 0 saturated heterocycles. The number of nitrogens with two attached hydrogens (primary N) is 1. The van der Waals surface area contributed by atoms with E-state index in [9.17, 15) is 0 Å². The molecule has 2 rings (SSSR count). The summed E-state index contributed by atoms with van der Waals surface area (Å²) in [6.45, 7) is 1.34. The number of rotatable bonds is 5. The van der Waals surface area contributed by atoms with Crippen LogP contribution in [0.25, 0.3) is 0 Å². The maximum atomic E-state index is 5.52. The Kier molecular flexibility index (Phi) is 4.03. The summed E-state index contributed by atoms with van der Waals surface area (Å²) in [6.07, 6.45) is 5.00. The van der Waals surface area contributed by atoms with Crippen LogP contribution in [0.3, 0.4) is 0 Å². The van der Waals surface area contributed by atoms with Gasteiger partial charge in [0.05, 0.1) is 11.9 Å². The Labute approximate surface area is 106 Å². The van der Waals surface area contributed by atoms with E-state index in [0.717, 1.165) is 23.9 Å². The average molecular weight is 244 g/mol. The molecule has 0 saturated carbocycles. The number of pyridine rings is 1. The number of nitrogens with one attached hydrogen (secondary N) is 1. The van der Waals surface area contributed by atoms with Crippen LogP contribution in [0.15, 0.2) is 36.9 Å². The standard InChI is InChI=1S/C12H16N6/c1-18(6-4-13)12-7-11(15-9-16-12)17-10-3-2-5-14-8-10/h2-3,5,7-9H,4,6,13H2,1H3,(H,15,16,17). The van der Waals surface area contributed by atoms with E-state index < -0.39 is 0 Å². The molecule has 3 N–H and O–H groups in total. The van der Waals surface area contributed by atoms with Crippen molar-refractivity contribution in [2.24, 2.45) is 5.73 Å². The molecule has 94 valence electrons. The molecular formula is C12H16N6. The molecule has 0 unspecified atom stereocenters. The van der Waals surface area contributed by atoms with E-state index in [0.29, 0.717) is 6.54 Å². The minimum Gasteiger partial charge on any atom is -0.358 e. The normalized spacial score (nSPS) is 10.1. The predicted molar refractivity (Wildman–Crippen MR) is 71.9 cm³/mol. The van der Waals surface area contributed by atoms with E-state index in [1.54, 1.807) is 12.4 Å². The van der Waals surface area contributed by atoms with Crippen molar-refractivity contribution in [3.8, 4) is 0 Å². The Morgan fingerprint density at radius 2 is 2.28 bits per heavy atom. The highest BCUT2D eigenvalue weighted by Crippen LogP contribution is 2.16. The largest absolute Gasteiger partial charge is 0.358 e. The van der Waals surface area contributed by atoms with Gasteiger partial charge in [0.2, 0.25) is 0 Å². The van der Waals surface area contributed by atoms with E-state index in [2.05, 4.69) is 20.3 Å². The van der Waals surface area contributed by atoms with Crippen molar-refractivity contribution in [2.75, 3.05) is 30.4 Å². The fourth-order valence-electron chi connectivity index (χ4n) is 1.52. The molecule has 6 heteroatoms. The van der Waals surface area contributed by atoms with Crippen LogP contribution in [0.2, 0.25) is 0 Å². The summed E-state index contributed by atoms with van der Waals surface area (Å²) in [7, 11) is 1.95. The highest BCUT2D eigenvalue weighted by atomic mass is 15.2. The van der Waals surface area contributed by atoms with Crippen LogP contribution >= 0.6 is 0 Å². The molecule has 0 bridgehead atoms. The highest BCUT2D eigenvalue weighted by molar-refractivity contribution is 5.58. The summed E-state index contributed by atoms with van der Waals surface area (Å²) >= 11 is 0. The molecule has 0 amide bonds. The van der Waals surface area contributed by atoms with Gasteiger partial charge in [0.1, 0.15) is 18.0 Å². The molecule has 0 spiro atoms. The van der Waals surface area contributed by atoms with Gasteiger partial charge >= 0.3 is 0 Å². The van der Waals surface area contributed by atoms with E-state index in [-0.39, 0.29) is 0 Å². The summed E-state index contributed by atoms with van der Waals surface area (Å²) in [5.74, 6) is 1.57. The Bertz CT molecular complexity index is 487. The number of hydrogen-bond acceptors (Lipinski definition) is 6. The predicted octanol–water partition coefficient (Wildman–Crippen LogP) is 1.01. The van der Waals surface area contributed by atoms with Crippen LogP contribution in [0.5, 0.6) is 0 Å². The molecule has 0 fully saturated rings. The minimum atomic E-state index is 0.589. The zero-order valence-corrected chi connectivity index (χ0v) is 10.2. The number of aromatic nitrogens is 3. The number of hydrogen-bond donors (Lipinski definition) is 2. The van der Waals surface area contributed by atoms with Crippen molar-refractivity contribution in [2.45, 2.75) is 0 Å². The summed E-state index contributed by atoms with van der Waals surface area (Å²) in [5, 5.41) is 3.17. The lowest BCUT2D eigenvalue weighted by Gasteiger charge is -2.17. The molecule has 0 atom stereocenters. The molecule has 0 aliphatic heterocycles. The molecule has 2 aromatic rings. The molecule has 0 aliphatic rings. The number of nitrogens with zero attached hydrogens (tertiary/aromatic N) is 4. The van der Waals surface area contributed by atoms with Gasteiger partial charge < -0.3 is 16.0 Å². The van der Waals surface area contributed by atoms with Gasteiger partial charge in [0.15, 0.2) is 0 Å². The lowest BCUT2D eigenvalue weighted by atomic mass is 10.4. The maximum absolute atomic E-state index is 5.52. The van der Waals surface area contributed by atoms with Gasteiger partial charge in [0.25, 0.3) is 0 Å². The maximum Gasteiger partial charge on any atom is 0.135 e. The van der Waals surface area contributed by atoms with Crippen LogP contribution in [0.1, 0.15) is 0 Å². The van der Waals surface area contributed by atoms with Gasteiger partial charge in [-0.1, -0.05) is 0 Å². The van der Waals surface area contributed by atoms with E-state index in [4.69, 9.17) is 5.73 Å². The second-order valence-corrected chi connectivity index (χ2v) is 3.84. The molecule has 6 nitrogen and oxygen atoms in total. The summed E-state index contributed by atoms with van der Waals surface area (Å²) in [4.78, 5) is 14.4. The fraction of sp³-hybridized carbons (Fsp3) is 0.250. The first-order valence-corrected chi connectivity index (χ1v) is 5.70. The molecule has 2 aromatic heterocycles. The van der Waals surface area contributed by atoms with Crippen LogP contribution in [-0.4, -0.2) is 35.1 Å². The highest BCUT2D eigenvalue weighted by Gasteiger charge is 2.03. The Morgan fingerprint density at radius 3 is 3.00 bits per heavy atom. The van der Waals surface area contributed by atoms with Crippen molar-refractivity contribution in [1.82, 2.24) is 15.0 Å². The molecule has 0 aromatic carbocycles. The molecule has 18 heavy (non-hydrogen) atoms. The quantitative estimate of drug-likeness (QED) is 0.817. The second-order valence-electron chi connectivity index (χ2n) is 3.84. The lowest BCUT2D eigenvalue weighted by molar-refractivity contribution is 0.864. The zero-order valence-electron chi connectivity index (χ0n) is 10.2. The van der Waals surface area contributed by atoms with E-state index >= 15 is 0 Å². The molecule has 0 radical (unpaired) electrons. The zero-order chi connectivity index (χ0) is 12.8. The SMILES string of the molecule is CN(CCN)c1cc(Nc2cccnc2)ncn1. The van der Waals surface area contributed by atoms with Crippen LogP contribution in [-0.2, 0) is 0 Å². The molecular weight excluding hydrogens is 228 g/mol. The van der Waals surface area contributed by atoms with Gasteiger partial charge in [-0.25, -0.2) is 9.97 Å². The van der Waals surface area contributed by atoms with Crippen molar-refractivity contribution in [1.29, 1.82) is 0 Å². The van der Waals surface area contributed by atoms with Crippen LogP contribution in [0, 0.1) is 0 Å². The topological polar surface area (TPSA) is 80.0 Å². The van der Waals surface area contributed by atoms with Gasteiger partial charge in [0, 0.05) is 32.4 Å². The molecule has 2 heterocycles. The number of anilines is 3. The first-order chi connectivity index (χ1) is 8.79. The third-order valence-corrected chi connectivity index (χ3v) is 2.44. The van der Waals surface area contributed by atoms with E-state index in [1.165, 1.54) is 6.33 Å². The van der Waals surface area contributed by atoms with Crippen LogP contribution in [0.4, 0.5) is 17.3 Å². The molecule has 0 aliphatic carbocycles. The second kappa shape index (κ2) is 5.92. The Balaban J connectivity index is 2.12. The lowest BCUT2D eigenvalue weighted by Crippen LogP contribution is -2.25. The van der Waals surface area contributed by atoms with Gasteiger partial charge in [-0.15, -0.1) is 0 Å². The van der Waals surface area contributed by atoms with Gasteiger partial charge in [-0.05, 0) is 12.1 Å². The van der Waals surface area contributed by atoms with Crippen molar-refractivity contribution >= 4 is 17.3 Å². The van der Waals surface area contributed by atoms with Crippen molar-refractivity contribution < 1.29 is 0 Å². The summed E-state index contributed by atoms with van der Waals surface area (Å²) in [6, 6.07) is 5.67. The third-order valence-electron chi connectivity index (χ3n) is 2.44. The average Bonchev–Trinajstić information content (AvgIpc) is 2.40. The van der Waals surface area contributed by atoms with Gasteiger partial charge in [-0.2, -0.15) is 0 Å². The summed E-state index contributed by atoms with van der Waals surface area (Å²) in [5.41, 5.74) is 6.41. The minimum absolute atomic E-state index is 0.589. The Hall–Kier alpha value is -2.21. The third kappa shape index (κ3) is 3.14.